The highest BCUT2D eigenvalue weighted by molar-refractivity contribution is 6.21. The fourth-order valence-corrected chi connectivity index (χ4v) is 4.78. The Morgan fingerprint density at radius 2 is 1.75 bits per heavy atom. The van der Waals surface area contributed by atoms with Gasteiger partial charge in [-0.05, 0) is 55.9 Å². The Bertz CT molecular complexity index is 759. The van der Waals surface area contributed by atoms with E-state index in [1.54, 1.807) is 0 Å². The van der Waals surface area contributed by atoms with Crippen LogP contribution in [0.5, 0.6) is 0 Å². The maximum atomic E-state index is 13.1. The maximum Gasteiger partial charge on any atom is 0.292 e. The number of halogens is 1. The molecule has 1 aromatic carbocycles. The molecule has 6 nitrogen and oxygen atoms in total. The fourth-order valence-electron chi connectivity index (χ4n) is 4.78. The van der Waals surface area contributed by atoms with Crippen LogP contribution >= 0.6 is 0 Å². The number of hydrogen-bond donors (Lipinski definition) is 1. The predicted octanol–water partition coefficient (Wildman–Crippen LogP) is 0.765. The smallest absolute Gasteiger partial charge is 0.292 e. The number of nitrogens with zero attached hydrogens (tertiary/aromatic N) is 2. The number of likely N-dealkylation sites (tertiary alicyclic amines) is 2. The van der Waals surface area contributed by atoms with Gasteiger partial charge >= 0.3 is 0 Å². The van der Waals surface area contributed by atoms with E-state index in [2.05, 4.69) is 0 Å². The number of piperidine rings is 1. The van der Waals surface area contributed by atoms with Gasteiger partial charge < -0.3 is 9.80 Å². The number of rotatable bonds is 5. The molecule has 0 unspecified atom stereocenters. The van der Waals surface area contributed by atoms with Crippen molar-refractivity contribution in [2.24, 2.45) is 5.92 Å². The van der Waals surface area contributed by atoms with E-state index in [9.17, 15) is 18.8 Å². The third kappa shape index (κ3) is 3.81. The van der Waals surface area contributed by atoms with Crippen molar-refractivity contribution in [2.75, 3.05) is 31.1 Å². The molecule has 3 fully saturated rings. The molecule has 1 N–H and O–H groups in total. The Hall–Kier alpha value is -2.28. The van der Waals surface area contributed by atoms with Gasteiger partial charge in [-0.2, -0.15) is 0 Å². The van der Waals surface area contributed by atoms with Crippen molar-refractivity contribution in [1.82, 2.24) is 4.90 Å². The van der Waals surface area contributed by atoms with Crippen molar-refractivity contribution in [2.45, 2.75) is 44.6 Å². The minimum absolute atomic E-state index is 0.173. The number of amides is 3. The second-order valence-corrected chi connectivity index (χ2v) is 8.18. The molecule has 0 radical (unpaired) electrons. The summed E-state index contributed by atoms with van der Waals surface area (Å²) in [7, 11) is 0. The molecule has 3 heterocycles. The topological polar surface area (TPSA) is 62.1 Å². The summed E-state index contributed by atoms with van der Waals surface area (Å²) in [6.07, 6.45) is 4.95. The highest BCUT2D eigenvalue weighted by Crippen LogP contribution is 2.23. The van der Waals surface area contributed by atoms with E-state index in [0.717, 1.165) is 51.9 Å². The van der Waals surface area contributed by atoms with Gasteiger partial charge in [0.1, 0.15) is 5.82 Å². The van der Waals surface area contributed by atoms with Crippen LogP contribution in [-0.2, 0) is 14.4 Å². The van der Waals surface area contributed by atoms with Crippen LogP contribution in [-0.4, -0.2) is 54.8 Å². The second kappa shape index (κ2) is 7.99. The summed E-state index contributed by atoms with van der Waals surface area (Å²) in [4.78, 5) is 41.4. The zero-order chi connectivity index (χ0) is 19.7. The van der Waals surface area contributed by atoms with Crippen molar-refractivity contribution in [3.05, 3.63) is 30.1 Å². The van der Waals surface area contributed by atoms with Gasteiger partial charge in [0.2, 0.25) is 11.8 Å². The molecule has 0 spiro atoms. The Labute approximate surface area is 164 Å². The first-order chi connectivity index (χ1) is 13.5. The standard InChI is InChI=1S/C21H26FN3O3/c22-16-3-5-17(6-4-16)25-20(27)14-18(21(25)28)23-11-7-15(8-12-23)9-13-24-10-1-2-19(24)26/h3-6,15,18H,1-2,7-14H2/p+1/t18-/m1/s1. The van der Waals surface area contributed by atoms with Gasteiger partial charge in [0, 0.05) is 19.5 Å². The lowest BCUT2D eigenvalue weighted by Crippen LogP contribution is -3.17. The summed E-state index contributed by atoms with van der Waals surface area (Å²) in [6.45, 7) is 3.48. The first kappa shape index (κ1) is 19.1. The van der Waals surface area contributed by atoms with Crippen LogP contribution in [0.1, 0.15) is 38.5 Å². The van der Waals surface area contributed by atoms with Crippen molar-refractivity contribution in [3.8, 4) is 0 Å². The Morgan fingerprint density at radius 1 is 1.04 bits per heavy atom. The number of imide groups is 1. The number of hydrogen-bond acceptors (Lipinski definition) is 3. The van der Waals surface area contributed by atoms with E-state index in [0.29, 0.717) is 18.0 Å². The summed E-state index contributed by atoms with van der Waals surface area (Å²) in [5, 5.41) is 0. The van der Waals surface area contributed by atoms with Gasteiger partial charge in [-0.25, -0.2) is 9.29 Å². The third-order valence-corrected chi connectivity index (χ3v) is 6.45. The number of carbonyl (C=O) groups excluding carboxylic acids is 3. The molecule has 0 aromatic heterocycles. The molecular formula is C21H27FN3O3+. The van der Waals surface area contributed by atoms with Gasteiger partial charge in [-0.3, -0.25) is 14.4 Å². The first-order valence-electron chi connectivity index (χ1n) is 10.3. The number of benzene rings is 1. The Kier molecular flexibility index (Phi) is 5.44. The van der Waals surface area contributed by atoms with E-state index in [1.807, 2.05) is 4.90 Å². The zero-order valence-corrected chi connectivity index (χ0v) is 16.0. The van der Waals surface area contributed by atoms with E-state index < -0.39 is 0 Å². The largest absolute Gasteiger partial charge is 0.343 e. The van der Waals surface area contributed by atoms with E-state index >= 15 is 0 Å². The van der Waals surface area contributed by atoms with Crippen molar-refractivity contribution >= 4 is 23.4 Å². The van der Waals surface area contributed by atoms with Crippen LogP contribution < -0.4 is 9.80 Å². The summed E-state index contributed by atoms with van der Waals surface area (Å²) in [5.41, 5.74) is 0.448. The van der Waals surface area contributed by atoms with Crippen LogP contribution in [0, 0.1) is 11.7 Å². The summed E-state index contributed by atoms with van der Waals surface area (Å²) in [6, 6.07) is 5.17. The van der Waals surface area contributed by atoms with Crippen molar-refractivity contribution < 1.29 is 23.7 Å². The number of anilines is 1. The van der Waals surface area contributed by atoms with Gasteiger partial charge in [0.05, 0.1) is 25.2 Å². The fraction of sp³-hybridized carbons (Fsp3) is 0.571. The van der Waals surface area contributed by atoms with Gasteiger partial charge in [0.25, 0.3) is 5.91 Å². The van der Waals surface area contributed by atoms with Gasteiger partial charge in [-0.15, -0.1) is 0 Å². The second-order valence-electron chi connectivity index (χ2n) is 8.18. The minimum Gasteiger partial charge on any atom is -0.343 e. The lowest BCUT2D eigenvalue weighted by atomic mass is 9.92. The Morgan fingerprint density at radius 3 is 2.39 bits per heavy atom. The molecule has 1 atom stereocenters. The molecule has 28 heavy (non-hydrogen) atoms. The Balaban J connectivity index is 1.31. The quantitative estimate of drug-likeness (QED) is 0.758. The number of quaternary nitrogens is 1. The highest BCUT2D eigenvalue weighted by atomic mass is 19.1. The van der Waals surface area contributed by atoms with E-state index in [-0.39, 0.29) is 36.0 Å². The van der Waals surface area contributed by atoms with Crippen LogP contribution in [0.15, 0.2) is 24.3 Å². The lowest BCUT2D eigenvalue weighted by Gasteiger charge is -2.32. The van der Waals surface area contributed by atoms with Gasteiger partial charge in [0.15, 0.2) is 6.04 Å². The molecule has 3 aliphatic rings. The van der Waals surface area contributed by atoms with Crippen molar-refractivity contribution in [3.63, 3.8) is 0 Å². The predicted molar refractivity (Wildman–Crippen MR) is 101 cm³/mol. The SMILES string of the molecule is O=C1CCCN1CCC1CC[NH+]([C@@H]2CC(=O)N(c3ccc(F)cc3)C2=O)CC1. The summed E-state index contributed by atoms with van der Waals surface area (Å²) in [5.74, 6) is 0.0933. The average Bonchev–Trinajstić information content (AvgIpc) is 3.24. The molecule has 3 saturated heterocycles. The normalized spacial score (nSPS) is 28.5. The van der Waals surface area contributed by atoms with Crippen LogP contribution in [0.25, 0.3) is 0 Å². The van der Waals surface area contributed by atoms with E-state index in [1.165, 1.54) is 34.1 Å². The van der Waals surface area contributed by atoms with Crippen molar-refractivity contribution in [1.29, 1.82) is 0 Å². The number of carbonyl (C=O) groups is 3. The molecule has 7 heteroatoms. The van der Waals surface area contributed by atoms with Gasteiger partial charge in [-0.1, -0.05) is 0 Å². The molecule has 0 bridgehead atoms. The highest BCUT2D eigenvalue weighted by Gasteiger charge is 2.46. The van der Waals surface area contributed by atoms with E-state index in [4.69, 9.17) is 0 Å². The lowest BCUT2D eigenvalue weighted by molar-refractivity contribution is -0.920. The molecule has 4 rings (SSSR count). The molecule has 3 amide bonds. The molecule has 0 aliphatic carbocycles. The molecule has 0 saturated carbocycles. The monoisotopic (exact) mass is 388 g/mol. The maximum absolute atomic E-state index is 13.1. The zero-order valence-electron chi connectivity index (χ0n) is 16.0. The molecular weight excluding hydrogens is 361 g/mol. The third-order valence-electron chi connectivity index (χ3n) is 6.45. The van der Waals surface area contributed by atoms with Crippen LogP contribution in [0.2, 0.25) is 0 Å². The summed E-state index contributed by atoms with van der Waals surface area (Å²) < 4.78 is 13.1. The minimum atomic E-state index is -0.386. The summed E-state index contributed by atoms with van der Waals surface area (Å²) >= 11 is 0. The molecule has 3 aliphatic heterocycles. The molecule has 1 aromatic rings. The number of nitrogens with one attached hydrogen (secondary N) is 1. The molecule has 150 valence electrons. The van der Waals surface area contributed by atoms with Crippen LogP contribution in [0.3, 0.4) is 0 Å². The van der Waals surface area contributed by atoms with Crippen LogP contribution in [0.4, 0.5) is 10.1 Å². The first-order valence-corrected chi connectivity index (χ1v) is 10.3. The average molecular weight is 388 g/mol.